The molecule has 1 aliphatic rings. The lowest BCUT2D eigenvalue weighted by Crippen LogP contribution is -2.39. The molecule has 2 heterocycles. The molecule has 4 rings (SSSR count). The van der Waals surface area contributed by atoms with E-state index in [0.717, 1.165) is 37.0 Å². The predicted molar refractivity (Wildman–Crippen MR) is 110 cm³/mol. The molecule has 1 amide bonds. The van der Waals surface area contributed by atoms with Crippen LogP contribution in [-0.4, -0.2) is 47.5 Å². The number of esters is 1. The average Bonchev–Trinajstić information content (AvgIpc) is 3.19. The number of nitrogens with zero attached hydrogens (tertiary/aromatic N) is 2. The molecule has 1 saturated heterocycles. The van der Waals surface area contributed by atoms with Gasteiger partial charge in [-0.05, 0) is 24.1 Å². The maximum absolute atomic E-state index is 12.2. The van der Waals surface area contributed by atoms with Gasteiger partial charge >= 0.3 is 5.97 Å². The molecule has 3 aromatic rings. The van der Waals surface area contributed by atoms with E-state index in [1.165, 1.54) is 5.56 Å². The van der Waals surface area contributed by atoms with Gasteiger partial charge in [0, 0.05) is 31.1 Å². The molecular weight excluding hydrogens is 366 g/mol. The van der Waals surface area contributed by atoms with Gasteiger partial charge in [-0.3, -0.25) is 9.69 Å². The molecule has 0 saturated carbocycles. The molecule has 6 nitrogen and oxygen atoms in total. The number of aromatic nitrogens is 1. The zero-order valence-corrected chi connectivity index (χ0v) is 16.1. The molecule has 1 aromatic heterocycles. The second-order valence-corrected chi connectivity index (χ2v) is 7.24. The van der Waals surface area contributed by atoms with Crippen LogP contribution in [0.5, 0.6) is 0 Å². The monoisotopic (exact) mass is 389 g/mol. The average molecular weight is 389 g/mol. The second-order valence-electron chi connectivity index (χ2n) is 7.24. The smallest absolute Gasteiger partial charge is 0.357 e. The zero-order chi connectivity index (χ0) is 20.1. The summed E-state index contributed by atoms with van der Waals surface area (Å²) in [7, 11) is 0. The third kappa shape index (κ3) is 4.97. The Hall–Kier alpha value is -3.25. The van der Waals surface area contributed by atoms with E-state index in [2.05, 4.69) is 27.3 Å². The molecule has 29 heavy (non-hydrogen) atoms. The van der Waals surface area contributed by atoms with Crippen molar-refractivity contribution in [2.24, 2.45) is 0 Å². The largest absolute Gasteiger partial charge is 0.451 e. The number of ether oxygens (including phenoxy) is 1. The van der Waals surface area contributed by atoms with Crippen molar-refractivity contribution in [2.45, 2.75) is 19.0 Å². The number of hydrogen-bond donors (Lipinski definition) is 1. The number of para-hydroxylation sites is 1. The molecule has 1 atom stereocenters. The van der Waals surface area contributed by atoms with Crippen LogP contribution in [0.15, 0.2) is 66.7 Å². The van der Waals surface area contributed by atoms with E-state index in [4.69, 9.17) is 4.74 Å². The van der Waals surface area contributed by atoms with Crippen molar-refractivity contribution in [3.8, 4) is 0 Å². The van der Waals surface area contributed by atoms with Gasteiger partial charge in [0.05, 0.1) is 5.52 Å². The fourth-order valence-corrected chi connectivity index (χ4v) is 3.59. The minimum Gasteiger partial charge on any atom is -0.451 e. The number of nitrogens with one attached hydrogen (secondary N) is 1. The van der Waals surface area contributed by atoms with Crippen LogP contribution >= 0.6 is 0 Å². The first kappa shape index (κ1) is 19.1. The summed E-state index contributed by atoms with van der Waals surface area (Å²) < 4.78 is 5.14. The first-order chi connectivity index (χ1) is 14.2. The highest BCUT2D eigenvalue weighted by Crippen LogP contribution is 2.14. The highest BCUT2D eigenvalue weighted by Gasteiger charge is 2.24. The molecule has 1 N–H and O–H groups in total. The molecule has 148 valence electrons. The number of amides is 1. The van der Waals surface area contributed by atoms with Gasteiger partial charge in [0.25, 0.3) is 5.91 Å². The fraction of sp³-hybridized carbons (Fsp3) is 0.261. The lowest BCUT2D eigenvalue weighted by Gasteiger charge is -2.16. The Labute approximate surface area is 169 Å². The van der Waals surface area contributed by atoms with Crippen LogP contribution in [0.1, 0.15) is 22.5 Å². The Bertz CT molecular complexity index is 1010. The maximum atomic E-state index is 12.2. The molecule has 0 spiro atoms. The summed E-state index contributed by atoms with van der Waals surface area (Å²) >= 11 is 0. The Morgan fingerprint density at radius 2 is 1.83 bits per heavy atom. The predicted octanol–water partition coefficient (Wildman–Crippen LogP) is 2.78. The van der Waals surface area contributed by atoms with E-state index in [9.17, 15) is 9.59 Å². The lowest BCUT2D eigenvalue weighted by atomic mass is 10.2. The highest BCUT2D eigenvalue weighted by molar-refractivity contribution is 5.92. The second kappa shape index (κ2) is 8.84. The SMILES string of the molecule is O=C(COC(=O)c1ccc2ccccc2n1)NC1CCN(Cc2ccccc2)C1. The number of fused-ring (bicyclic) bond motifs is 1. The van der Waals surface area contributed by atoms with Crippen molar-refractivity contribution in [3.05, 3.63) is 78.0 Å². The molecule has 0 radical (unpaired) electrons. The third-order valence-electron chi connectivity index (χ3n) is 5.03. The molecule has 1 unspecified atom stereocenters. The van der Waals surface area contributed by atoms with Crippen molar-refractivity contribution in [2.75, 3.05) is 19.7 Å². The summed E-state index contributed by atoms with van der Waals surface area (Å²) in [5, 5.41) is 3.90. The Morgan fingerprint density at radius 1 is 1.03 bits per heavy atom. The molecule has 6 heteroatoms. The topological polar surface area (TPSA) is 71.5 Å². The maximum Gasteiger partial charge on any atom is 0.357 e. The van der Waals surface area contributed by atoms with Gasteiger partial charge in [-0.2, -0.15) is 0 Å². The number of likely N-dealkylation sites (tertiary alicyclic amines) is 1. The minimum atomic E-state index is -0.594. The Morgan fingerprint density at radius 3 is 2.69 bits per heavy atom. The first-order valence-electron chi connectivity index (χ1n) is 9.76. The number of carbonyl (C=O) groups excluding carboxylic acids is 2. The number of rotatable bonds is 6. The van der Waals surface area contributed by atoms with Crippen molar-refractivity contribution in [3.63, 3.8) is 0 Å². The van der Waals surface area contributed by atoms with Gasteiger partial charge in [-0.1, -0.05) is 54.6 Å². The van der Waals surface area contributed by atoms with Crippen molar-refractivity contribution >= 4 is 22.8 Å². The van der Waals surface area contributed by atoms with Crippen LogP contribution < -0.4 is 5.32 Å². The van der Waals surface area contributed by atoms with Crippen LogP contribution in [0.3, 0.4) is 0 Å². The highest BCUT2D eigenvalue weighted by atomic mass is 16.5. The summed E-state index contributed by atoms with van der Waals surface area (Å²) in [6.45, 7) is 2.29. The Kier molecular flexibility index (Phi) is 5.81. The van der Waals surface area contributed by atoms with E-state index in [1.54, 1.807) is 6.07 Å². The summed E-state index contributed by atoms with van der Waals surface area (Å²) in [4.78, 5) is 31.0. The summed E-state index contributed by atoms with van der Waals surface area (Å²) in [5.74, 6) is -0.881. The number of benzene rings is 2. The normalized spacial score (nSPS) is 16.6. The molecule has 0 aliphatic carbocycles. The summed E-state index contributed by atoms with van der Waals surface area (Å²) in [6.07, 6.45) is 0.888. The summed E-state index contributed by atoms with van der Waals surface area (Å²) in [6, 6.07) is 21.3. The first-order valence-corrected chi connectivity index (χ1v) is 9.76. The number of hydrogen-bond acceptors (Lipinski definition) is 5. The standard InChI is InChI=1S/C23H23N3O3/c27-22(24-19-12-13-26(15-19)14-17-6-2-1-3-7-17)16-29-23(28)21-11-10-18-8-4-5-9-20(18)25-21/h1-11,19H,12-16H2,(H,24,27). The molecule has 0 bridgehead atoms. The van der Waals surface area contributed by atoms with Crippen molar-refractivity contribution in [1.82, 2.24) is 15.2 Å². The lowest BCUT2D eigenvalue weighted by molar-refractivity contribution is -0.124. The summed E-state index contributed by atoms with van der Waals surface area (Å²) in [5.41, 5.74) is 2.18. The molecular formula is C23H23N3O3. The fourth-order valence-electron chi connectivity index (χ4n) is 3.59. The zero-order valence-electron chi connectivity index (χ0n) is 16.1. The van der Waals surface area contributed by atoms with Crippen LogP contribution in [0.2, 0.25) is 0 Å². The van der Waals surface area contributed by atoms with Gasteiger partial charge in [-0.25, -0.2) is 9.78 Å². The molecule has 1 fully saturated rings. The number of pyridine rings is 1. The molecule has 1 aliphatic heterocycles. The molecule has 2 aromatic carbocycles. The van der Waals surface area contributed by atoms with E-state index < -0.39 is 5.97 Å². The Balaban J connectivity index is 1.24. The van der Waals surface area contributed by atoms with E-state index in [0.29, 0.717) is 0 Å². The van der Waals surface area contributed by atoms with Crippen molar-refractivity contribution < 1.29 is 14.3 Å². The van der Waals surface area contributed by atoms with E-state index in [-0.39, 0.29) is 24.2 Å². The van der Waals surface area contributed by atoms with E-state index >= 15 is 0 Å². The van der Waals surface area contributed by atoms with Gasteiger partial charge in [0.2, 0.25) is 0 Å². The number of carbonyl (C=O) groups is 2. The van der Waals surface area contributed by atoms with Crippen LogP contribution in [0, 0.1) is 0 Å². The van der Waals surface area contributed by atoms with Crippen LogP contribution in [-0.2, 0) is 16.1 Å². The van der Waals surface area contributed by atoms with Crippen molar-refractivity contribution in [1.29, 1.82) is 0 Å². The van der Waals surface area contributed by atoms with Gasteiger partial charge < -0.3 is 10.1 Å². The van der Waals surface area contributed by atoms with Gasteiger partial charge in [0.15, 0.2) is 6.61 Å². The third-order valence-corrected chi connectivity index (χ3v) is 5.03. The minimum absolute atomic E-state index is 0.0729. The quantitative estimate of drug-likeness (QED) is 0.657. The van der Waals surface area contributed by atoms with Crippen LogP contribution in [0.4, 0.5) is 0 Å². The van der Waals surface area contributed by atoms with E-state index in [1.807, 2.05) is 48.5 Å². The van der Waals surface area contributed by atoms with Crippen LogP contribution in [0.25, 0.3) is 10.9 Å². The van der Waals surface area contributed by atoms with Gasteiger partial charge in [-0.15, -0.1) is 0 Å². The van der Waals surface area contributed by atoms with Gasteiger partial charge in [0.1, 0.15) is 5.69 Å².